The van der Waals surface area contributed by atoms with Gasteiger partial charge in [0.1, 0.15) is 11.6 Å². The third-order valence-electron chi connectivity index (χ3n) is 7.64. The summed E-state index contributed by atoms with van der Waals surface area (Å²) in [6.07, 6.45) is 3.15. The maximum atomic E-state index is 4.97. The van der Waals surface area contributed by atoms with Crippen molar-refractivity contribution < 1.29 is 0 Å². The average Bonchev–Trinajstić information content (AvgIpc) is 3.29. The molecule has 0 bridgehead atoms. The average molecular weight is 477 g/mol. The molecule has 0 aliphatic carbocycles. The first-order valence-corrected chi connectivity index (χ1v) is 13.1. The van der Waals surface area contributed by atoms with Crippen LogP contribution in [0, 0.1) is 11.8 Å². The van der Waals surface area contributed by atoms with E-state index in [0.717, 1.165) is 74.3 Å². The number of rotatable bonds is 7. The summed E-state index contributed by atoms with van der Waals surface area (Å²) in [6, 6.07) is 10.8. The molecule has 4 heterocycles. The highest BCUT2D eigenvalue weighted by Gasteiger charge is 2.21. The van der Waals surface area contributed by atoms with Gasteiger partial charge in [-0.2, -0.15) is 9.61 Å². The molecule has 2 aliphatic heterocycles. The number of hydrogen-bond donors (Lipinski definition) is 3. The van der Waals surface area contributed by atoms with Crippen LogP contribution in [-0.4, -0.2) is 72.4 Å². The van der Waals surface area contributed by atoms with Crippen LogP contribution < -0.4 is 20.9 Å². The maximum Gasteiger partial charge on any atom is 0.163 e. The molecule has 2 aliphatic rings. The second-order valence-electron chi connectivity index (χ2n) is 10.6. The standard InChI is InChI=1S/C27H40N8/c1-19(2)24-18-30-35-26(15-25(32-27(24)35)29-17-21-9-10-28-16-20(21)3)31-22-5-7-23(8-6-22)34-13-11-33(4)12-14-34/h5-8,15,18-21,28,31H,9-14,16-17H2,1-4H3,(H,29,32). The highest BCUT2D eigenvalue weighted by molar-refractivity contribution is 5.67. The number of benzene rings is 1. The van der Waals surface area contributed by atoms with E-state index in [9.17, 15) is 0 Å². The van der Waals surface area contributed by atoms with Crippen LogP contribution in [0.15, 0.2) is 36.5 Å². The van der Waals surface area contributed by atoms with Crippen LogP contribution in [0.1, 0.15) is 38.7 Å². The van der Waals surface area contributed by atoms with E-state index in [1.807, 2.05) is 10.7 Å². The van der Waals surface area contributed by atoms with Crippen LogP contribution in [-0.2, 0) is 0 Å². The van der Waals surface area contributed by atoms with Crippen molar-refractivity contribution in [3.8, 4) is 0 Å². The summed E-state index contributed by atoms with van der Waals surface area (Å²) >= 11 is 0. The maximum absolute atomic E-state index is 4.97. The summed E-state index contributed by atoms with van der Waals surface area (Å²) in [6.45, 7) is 14.2. The van der Waals surface area contributed by atoms with Gasteiger partial charge in [0.2, 0.25) is 0 Å². The zero-order chi connectivity index (χ0) is 24.4. The molecule has 5 rings (SSSR count). The number of piperazine rings is 1. The topological polar surface area (TPSA) is 72.8 Å². The molecule has 0 amide bonds. The van der Waals surface area contributed by atoms with Gasteiger partial charge in [0, 0.05) is 55.7 Å². The molecule has 1 aromatic carbocycles. The van der Waals surface area contributed by atoms with Crippen molar-refractivity contribution in [2.24, 2.45) is 11.8 Å². The van der Waals surface area contributed by atoms with Crippen molar-refractivity contribution in [3.05, 3.63) is 42.1 Å². The van der Waals surface area contributed by atoms with Crippen molar-refractivity contribution in [3.63, 3.8) is 0 Å². The molecule has 2 saturated heterocycles. The molecule has 35 heavy (non-hydrogen) atoms. The molecular formula is C27H40N8. The summed E-state index contributed by atoms with van der Waals surface area (Å²) in [4.78, 5) is 9.81. The second kappa shape index (κ2) is 10.4. The van der Waals surface area contributed by atoms with E-state index in [1.54, 1.807) is 0 Å². The van der Waals surface area contributed by atoms with Gasteiger partial charge >= 0.3 is 0 Å². The van der Waals surface area contributed by atoms with Crippen molar-refractivity contribution >= 4 is 28.7 Å². The lowest BCUT2D eigenvalue weighted by atomic mass is 9.88. The minimum atomic E-state index is 0.357. The number of nitrogens with one attached hydrogen (secondary N) is 3. The lowest BCUT2D eigenvalue weighted by Crippen LogP contribution is -2.44. The molecule has 8 nitrogen and oxygen atoms in total. The Balaban J connectivity index is 1.37. The van der Waals surface area contributed by atoms with Crippen molar-refractivity contribution in [1.29, 1.82) is 0 Å². The van der Waals surface area contributed by atoms with Gasteiger partial charge in [0.25, 0.3) is 0 Å². The molecule has 0 radical (unpaired) electrons. The number of anilines is 4. The number of aromatic nitrogens is 3. The molecule has 3 N–H and O–H groups in total. The first-order valence-electron chi connectivity index (χ1n) is 13.1. The van der Waals surface area contributed by atoms with Crippen LogP contribution in [0.4, 0.5) is 23.0 Å². The van der Waals surface area contributed by atoms with Gasteiger partial charge < -0.3 is 25.8 Å². The fraction of sp³-hybridized carbons (Fsp3) is 0.556. The van der Waals surface area contributed by atoms with E-state index in [2.05, 4.69) is 89.0 Å². The molecule has 188 valence electrons. The lowest BCUT2D eigenvalue weighted by Gasteiger charge is -2.34. The normalized spacial score (nSPS) is 21.6. The van der Waals surface area contributed by atoms with Gasteiger partial charge in [-0.25, -0.2) is 4.98 Å². The van der Waals surface area contributed by atoms with E-state index in [-0.39, 0.29) is 0 Å². The van der Waals surface area contributed by atoms with Gasteiger partial charge in [-0.1, -0.05) is 20.8 Å². The Morgan fingerprint density at radius 2 is 1.89 bits per heavy atom. The largest absolute Gasteiger partial charge is 0.370 e. The van der Waals surface area contributed by atoms with Gasteiger partial charge in [-0.3, -0.25) is 0 Å². The Hall–Kier alpha value is -2.84. The first-order chi connectivity index (χ1) is 17.0. The fourth-order valence-electron chi connectivity index (χ4n) is 5.14. The highest BCUT2D eigenvalue weighted by Crippen LogP contribution is 2.28. The van der Waals surface area contributed by atoms with Crippen molar-refractivity contribution in [2.75, 3.05) is 68.4 Å². The van der Waals surface area contributed by atoms with Gasteiger partial charge in [0.05, 0.1) is 6.20 Å². The summed E-state index contributed by atoms with van der Waals surface area (Å²) in [7, 11) is 2.19. The molecule has 2 atom stereocenters. The Morgan fingerprint density at radius 1 is 1.11 bits per heavy atom. The van der Waals surface area contributed by atoms with E-state index >= 15 is 0 Å². The van der Waals surface area contributed by atoms with Crippen molar-refractivity contribution in [2.45, 2.75) is 33.1 Å². The van der Waals surface area contributed by atoms with Crippen LogP contribution in [0.2, 0.25) is 0 Å². The van der Waals surface area contributed by atoms with Crippen molar-refractivity contribution in [1.82, 2.24) is 24.8 Å². The Bertz CT molecular complexity index is 1110. The third-order valence-corrected chi connectivity index (χ3v) is 7.64. The zero-order valence-electron chi connectivity index (χ0n) is 21.6. The molecule has 3 aromatic rings. The fourth-order valence-corrected chi connectivity index (χ4v) is 5.14. The Morgan fingerprint density at radius 3 is 2.60 bits per heavy atom. The highest BCUT2D eigenvalue weighted by atomic mass is 15.3. The first kappa shape index (κ1) is 23.9. The molecule has 0 saturated carbocycles. The SMILES string of the molecule is CC(C)c1cnn2c(Nc3ccc(N4CCN(C)CC4)cc3)cc(NCC3CCNCC3C)nc12. The van der Waals surface area contributed by atoms with Crippen LogP contribution in [0.3, 0.4) is 0 Å². The minimum Gasteiger partial charge on any atom is -0.370 e. The number of piperidine rings is 1. The minimum absolute atomic E-state index is 0.357. The Labute approximate surface area is 209 Å². The van der Waals surface area contributed by atoms with E-state index in [4.69, 9.17) is 4.98 Å². The number of nitrogens with zero attached hydrogens (tertiary/aromatic N) is 5. The van der Waals surface area contributed by atoms with Gasteiger partial charge in [0.15, 0.2) is 5.65 Å². The monoisotopic (exact) mass is 476 g/mol. The molecule has 2 aromatic heterocycles. The Kier molecular flexibility index (Phi) is 7.11. The molecule has 2 fully saturated rings. The predicted molar refractivity (Wildman–Crippen MR) is 145 cm³/mol. The van der Waals surface area contributed by atoms with Gasteiger partial charge in [-0.05, 0) is 68.6 Å². The zero-order valence-corrected chi connectivity index (χ0v) is 21.6. The number of likely N-dealkylation sites (N-methyl/N-ethyl adjacent to an activating group) is 1. The smallest absolute Gasteiger partial charge is 0.163 e. The number of hydrogen-bond acceptors (Lipinski definition) is 7. The lowest BCUT2D eigenvalue weighted by molar-refractivity contribution is 0.286. The van der Waals surface area contributed by atoms with E-state index < -0.39 is 0 Å². The van der Waals surface area contributed by atoms with Crippen LogP contribution >= 0.6 is 0 Å². The summed E-state index contributed by atoms with van der Waals surface area (Å²) in [5.41, 5.74) is 4.41. The molecule has 0 spiro atoms. The quantitative estimate of drug-likeness (QED) is 0.476. The van der Waals surface area contributed by atoms with E-state index in [0.29, 0.717) is 17.8 Å². The third kappa shape index (κ3) is 5.38. The summed E-state index contributed by atoms with van der Waals surface area (Å²) < 4.78 is 1.93. The summed E-state index contributed by atoms with van der Waals surface area (Å²) in [5, 5.41) is 15.4. The number of fused-ring (bicyclic) bond motifs is 1. The van der Waals surface area contributed by atoms with Gasteiger partial charge in [-0.15, -0.1) is 0 Å². The second-order valence-corrected chi connectivity index (χ2v) is 10.6. The molecule has 2 unspecified atom stereocenters. The summed E-state index contributed by atoms with van der Waals surface area (Å²) in [5.74, 6) is 3.51. The predicted octanol–water partition coefficient (Wildman–Crippen LogP) is 4.01. The van der Waals surface area contributed by atoms with Crippen LogP contribution in [0.5, 0.6) is 0 Å². The van der Waals surface area contributed by atoms with Crippen LogP contribution in [0.25, 0.3) is 5.65 Å². The molecular weight excluding hydrogens is 436 g/mol. The van der Waals surface area contributed by atoms with E-state index in [1.165, 1.54) is 12.1 Å². The molecule has 8 heteroatoms.